The third-order valence-corrected chi connectivity index (χ3v) is 8.65. The van der Waals surface area contributed by atoms with Crippen molar-refractivity contribution in [3.05, 3.63) is 72.1 Å². The summed E-state index contributed by atoms with van der Waals surface area (Å²) in [5.41, 5.74) is 2.01. The number of likely N-dealkylation sites (tertiary alicyclic amines) is 1. The molecule has 3 atom stereocenters. The van der Waals surface area contributed by atoms with Crippen molar-refractivity contribution in [3.8, 4) is 33.6 Å². The van der Waals surface area contributed by atoms with Crippen LogP contribution in [0, 0.1) is 17.8 Å². The highest BCUT2D eigenvalue weighted by Crippen LogP contribution is 2.37. The lowest BCUT2D eigenvalue weighted by atomic mass is 10.0. The molecule has 2 fully saturated rings. The minimum absolute atomic E-state index is 0.0329. The Morgan fingerprint density at radius 2 is 1.31 bits per heavy atom. The van der Waals surface area contributed by atoms with Crippen molar-refractivity contribution in [2.45, 2.75) is 111 Å². The lowest BCUT2D eigenvalue weighted by Gasteiger charge is -2.27. The molecule has 51 heavy (non-hydrogen) atoms. The van der Waals surface area contributed by atoms with Crippen molar-refractivity contribution in [3.63, 3.8) is 0 Å². The lowest BCUT2D eigenvalue weighted by Crippen LogP contribution is -2.38. The van der Waals surface area contributed by atoms with E-state index in [1.54, 1.807) is 34.1 Å². The molecule has 2 amide bonds. The van der Waals surface area contributed by atoms with Gasteiger partial charge in [0, 0.05) is 23.7 Å². The van der Waals surface area contributed by atoms with Crippen molar-refractivity contribution in [1.82, 2.24) is 29.7 Å². The summed E-state index contributed by atoms with van der Waals surface area (Å²) in [4.78, 5) is 43.4. The molecule has 1 saturated carbocycles. The molecule has 3 heterocycles. The first kappa shape index (κ1) is 37.5. The highest BCUT2D eigenvalue weighted by atomic mass is 19.1. The first-order valence-electron chi connectivity index (χ1n) is 17.8. The molecule has 12 heteroatoms. The molecule has 274 valence electrons. The number of amides is 2. The van der Waals surface area contributed by atoms with Gasteiger partial charge in [-0.3, -0.25) is 9.80 Å². The van der Waals surface area contributed by atoms with Crippen LogP contribution in [0.25, 0.3) is 33.6 Å². The molecule has 1 saturated heterocycles. The number of halogens is 2. The Balaban J connectivity index is 0.00000248. The van der Waals surface area contributed by atoms with Crippen molar-refractivity contribution < 1.29 is 27.8 Å². The number of carbonyl (C=O) groups excluding carboxylic acids is 2. The van der Waals surface area contributed by atoms with Crippen molar-refractivity contribution in [2.24, 2.45) is 5.92 Å². The van der Waals surface area contributed by atoms with Crippen LogP contribution in [0.4, 0.5) is 18.4 Å². The second-order valence-electron chi connectivity index (χ2n) is 15.0. The van der Waals surface area contributed by atoms with Crippen LogP contribution in [0.1, 0.15) is 99.3 Å². The number of imidazole rings is 2. The molecule has 1 aliphatic heterocycles. The Morgan fingerprint density at radius 3 is 1.82 bits per heavy atom. The number of hydrogen-bond donors (Lipinski definition) is 2. The molecule has 2 aromatic carbocycles. The number of aromatic nitrogens is 4. The van der Waals surface area contributed by atoms with E-state index in [0.717, 1.165) is 24.0 Å². The minimum atomic E-state index is -0.643. The predicted octanol–water partition coefficient (Wildman–Crippen LogP) is 9.66. The van der Waals surface area contributed by atoms with Gasteiger partial charge in [0.25, 0.3) is 0 Å². The molecule has 0 bridgehead atoms. The zero-order valence-electron chi connectivity index (χ0n) is 31.1. The maximum Gasteiger partial charge on any atom is 0.410 e. The molecule has 0 radical (unpaired) electrons. The zero-order chi connectivity index (χ0) is 37.2. The van der Waals surface area contributed by atoms with E-state index in [1.807, 2.05) is 79.7 Å². The highest BCUT2D eigenvalue weighted by molar-refractivity contribution is 5.72. The maximum atomic E-state index is 15.1. The van der Waals surface area contributed by atoms with Crippen LogP contribution in [0.15, 0.2) is 48.5 Å². The summed E-state index contributed by atoms with van der Waals surface area (Å²) < 4.78 is 41.4. The van der Waals surface area contributed by atoms with Gasteiger partial charge in [0.05, 0.1) is 12.6 Å². The summed E-state index contributed by atoms with van der Waals surface area (Å²) in [6, 6.07) is 14.3. The third-order valence-electron chi connectivity index (χ3n) is 8.65. The van der Waals surface area contributed by atoms with Gasteiger partial charge in [0.1, 0.15) is 34.2 Å². The van der Waals surface area contributed by atoms with Crippen LogP contribution < -0.4 is 0 Å². The van der Waals surface area contributed by atoms with Gasteiger partial charge >= 0.3 is 12.2 Å². The quantitative estimate of drug-likeness (QED) is 0.198. The Morgan fingerprint density at radius 1 is 0.824 bits per heavy atom. The summed E-state index contributed by atoms with van der Waals surface area (Å²) in [5, 5.41) is 0. The highest BCUT2D eigenvalue weighted by Gasteiger charge is 2.42. The number of carbonyl (C=O) groups is 2. The van der Waals surface area contributed by atoms with Crippen LogP contribution >= 0.6 is 0 Å². The second kappa shape index (κ2) is 14.9. The first-order valence-corrected chi connectivity index (χ1v) is 17.8. The van der Waals surface area contributed by atoms with Crippen LogP contribution in [0.5, 0.6) is 0 Å². The lowest BCUT2D eigenvalue weighted by molar-refractivity contribution is 0.0198. The van der Waals surface area contributed by atoms with Gasteiger partial charge in [-0.1, -0.05) is 69.3 Å². The zero-order valence-corrected chi connectivity index (χ0v) is 31.1. The van der Waals surface area contributed by atoms with Crippen molar-refractivity contribution in [1.29, 1.82) is 0 Å². The molecule has 4 aromatic rings. The number of ether oxygens (including phenoxy) is 2. The Bertz CT molecular complexity index is 1820. The maximum absolute atomic E-state index is 15.1. The molecule has 0 spiro atoms. The van der Waals surface area contributed by atoms with Crippen LogP contribution in [0.2, 0.25) is 0 Å². The fourth-order valence-corrected chi connectivity index (χ4v) is 6.15. The number of aromatic amines is 2. The van der Waals surface area contributed by atoms with Crippen LogP contribution in [-0.2, 0) is 16.0 Å². The molecular weight excluding hydrogens is 654 g/mol. The summed E-state index contributed by atoms with van der Waals surface area (Å²) in [5.74, 6) is -0.0603. The average molecular weight is 705 g/mol. The fourth-order valence-electron chi connectivity index (χ4n) is 6.15. The van der Waals surface area contributed by atoms with E-state index >= 15 is 8.78 Å². The second-order valence-corrected chi connectivity index (χ2v) is 15.0. The van der Waals surface area contributed by atoms with Gasteiger partial charge in [-0.05, 0) is 77.8 Å². The number of rotatable bonds is 7. The number of H-pyrrole nitrogens is 2. The van der Waals surface area contributed by atoms with Crippen LogP contribution in [-0.4, -0.2) is 65.7 Å². The van der Waals surface area contributed by atoms with Crippen LogP contribution in [0.3, 0.4) is 0 Å². The standard InChI is InChI=1S/C37H44F2N6O4.C2H6/c1-21-19-27(21)45(35(47)49-37(5,6)7)20-28-40-29(31(38)41-28)24-14-10-22(11-15-24)23-12-16-25(17-13-23)30-32(39)43-33(42-30)26-9-8-18-44(26)34(46)48-36(2,3)4;1-2/h10-17,21,26-27H,8-9,18-20H2,1-7H3,(H,40,41)(H,42,43);1-2H3/t21?,26?,27-;/m1./s1. The number of nitrogens with one attached hydrogen (secondary N) is 2. The Labute approximate surface area is 299 Å². The SMILES string of the molecule is CC.CC1C[C@H]1N(Cc1nc(-c2ccc(-c3ccc(-c4nc(C5CCCN5C(=O)OC(C)(C)C)[nH]c4F)cc3)cc2)c(F)[nH]1)C(=O)OC(C)(C)C. The van der Waals surface area contributed by atoms with Gasteiger partial charge < -0.3 is 19.4 Å². The van der Waals surface area contributed by atoms with E-state index < -0.39 is 41.3 Å². The number of hydrogen-bond acceptors (Lipinski definition) is 6. The smallest absolute Gasteiger partial charge is 0.410 e. The van der Waals surface area contributed by atoms with Crippen molar-refractivity contribution >= 4 is 12.2 Å². The third kappa shape index (κ3) is 8.95. The molecule has 10 nitrogen and oxygen atoms in total. The summed E-state index contributed by atoms with van der Waals surface area (Å²) >= 11 is 0. The molecule has 6 rings (SSSR count). The molecule has 1 aliphatic carbocycles. The summed E-state index contributed by atoms with van der Waals surface area (Å²) in [7, 11) is 0. The van der Waals surface area contributed by atoms with Gasteiger partial charge in [0.15, 0.2) is 0 Å². The van der Waals surface area contributed by atoms with E-state index in [0.29, 0.717) is 41.7 Å². The first-order chi connectivity index (χ1) is 24.1. The monoisotopic (exact) mass is 704 g/mol. The largest absolute Gasteiger partial charge is 0.444 e. The van der Waals surface area contributed by atoms with Gasteiger partial charge in [-0.2, -0.15) is 8.78 Å². The Kier molecular flexibility index (Phi) is 10.9. The van der Waals surface area contributed by atoms with E-state index in [9.17, 15) is 9.59 Å². The molecule has 2 unspecified atom stereocenters. The Hall–Kier alpha value is -4.74. The topological polar surface area (TPSA) is 116 Å². The fraction of sp³-hybridized carbons (Fsp3) is 0.487. The van der Waals surface area contributed by atoms with Gasteiger partial charge in [-0.25, -0.2) is 19.6 Å². The average Bonchev–Trinajstić information content (AvgIpc) is 3.40. The normalized spacial score (nSPS) is 18.6. The minimum Gasteiger partial charge on any atom is -0.444 e. The summed E-state index contributed by atoms with van der Waals surface area (Å²) in [6.45, 7) is 17.6. The van der Waals surface area contributed by atoms with Gasteiger partial charge in [0.2, 0.25) is 11.9 Å². The summed E-state index contributed by atoms with van der Waals surface area (Å²) in [6.07, 6.45) is 1.42. The number of nitrogens with zero attached hydrogens (tertiary/aromatic N) is 4. The molecule has 2 aliphatic rings. The van der Waals surface area contributed by atoms with Gasteiger partial charge in [-0.15, -0.1) is 0 Å². The molecule has 2 aromatic heterocycles. The molecule has 2 N–H and O–H groups in total. The molecular formula is C39H50F2N6O4. The van der Waals surface area contributed by atoms with E-state index in [1.165, 1.54) is 0 Å². The predicted molar refractivity (Wildman–Crippen MR) is 193 cm³/mol. The number of benzene rings is 2. The van der Waals surface area contributed by atoms with E-state index in [2.05, 4.69) is 26.9 Å². The van der Waals surface area contributed by atoms with Crippen molar-refractivity contribution in [2.75, 3.05) is 6.54 Å². The van der Waals surface area contributed by atoms with E-state index in [4.69, 9.17) is 9.47 Å². The van der Waals surface area contributed by atoms with E-state index in [-0.39, 0.29) is 24.0 Å².